The Bertz CT molecular complexity index is 347. The Kier molecular flexibility index (Phi) is 11.8. The Morgan fingerprint density at radius 3 is 1.82 bits per heavy atom. The summed E-state index contributed by atoms with van der Waals surface area (Å²) in [4.78, 5) is 5.18. The second kappa shape index (κ2) is 13.6. The summed E-state index contributed by atoms with van der Waals surface area (Å²) < 4.78 is 0. The Labute approximate surface area is 137 Å². The van der Waals surface area contributed by atoms with Crippen LogP contribution >= 0.6 is 0 Å². The van der Waals surface area contributed by atoms with Gasteiger partial charge in [0.2, 0.25) is 0 Å². The molecule has 0 aliphatic carbocycles. The zero-order valence-electron chi connectivity index (χ0n) is 14.7. The van der Waals surface area contributed by atoms with Crippen LogP contribution in [0.3, 0.4) is 0 Å². The molecule has 0 heterocycles. The molecule has 0 amide bonds. The zero-order valence-corrected chi connectivity index (χ0v) is 14.7. The maximum atomic E-state index is 5.18. The molecule has 1 rings (SSSR count). The van der Waals surface area contributed by atoms with Crippen molar-refractivity contribution in [3.63, 3.8) is 0 Å². The molecule has 2 nitrogen and oxygen atoms in total. The summed E-state index contributed by atoms with van der Waals surface area (Å²) >= 11 is 0. The van der Waals surface area contributed by atoms with Gasteiger partial charge in [0, 0.05) is 0 Å². The van der Waals surface area contributed by atoms with Crippen molar-refractivity contribution in [3.8, 4) is 0 Å². The van der Waals surface area contributed by atoms with Crippen molar-refractivity contribution in [2.75, 3.05) is 12.1 Å². The first kappa shape index (κ1) is 19.0. The molecule has 2 heteroatoms. The van der Waals surface area contributed by atoms with Crippen molar-refractivity contribution in [2.24, 2.45) is 0 Å². The second-order valence-electron chi connectivity index (χ2n) is 6.16. The molecule has 1 aromatic carbocycles. The lowest BCUT2D eigenvalue weighted by atomic mass is 10.0. The van der Waals surface area contributed by atoms with Crippen LogP contribution in [0.2, 0.25) is 0 Å². The van der Waals surface area contributed by atoms with E-state index in [2.05, 4.69) is 36.7 Å². The molecule has 0 aliphatic heterocycles. The smallest absolute Gasteiger partial charge is 0.0717 e. The largest absolute Gasteiger partial charge is 0.276 e. The Hall–Kier alpha value is -1.02. The highest BCUT2D eigenvalue weighted by Gasteiger charge is 1.96. The average Bonchev–Trinajstić information content (AvgIpc) is 2.56. The monoisotopic (exact) mass is 305 g/mol. The minimum Gasteiger partial charge on any atom is -0.276 e. The molecule has 126 valence electrons. The van der Waals surface area contributed by atoms with Gasteiger partial charge in [0.1, 0.15) is 0 Å². The topological polar surface area (TPSA) is 21.3 Å². The number of nitrogens with one attached hydrogen (secondary N) is 1. The molecular formula is C20H35NO. The van der Waals surface area contributed by atoms with Crippen molar-refractivity contribution in [3.05, 3.63) is 29.8 Å². The van der Waals surface area contributed by atoms with E-state index in [1.54, 1.807) is 0 Å². The minimum atomic E-state index is 0.681. The summed E-state index contributed by atoms with van der Waals surface area (Å²) in [6.45, 7) is 4.94. The van der Waals surface area contributed by atoms with Crippen LogP contribution in [-0.4, -0.2) is 6.61 Å². The van der Waals surface area contributed by atoms with E-state index in [9.17, 15) is 0 Å². The lowest BCUT2D eigenvalue weighted by molar-refractivity contribution is 0.210. The van der Waals surface area contributed by atoms with Crippen LogP contribution in [0, 0.1) is 0 Å². The first-order valence-corrected chi connectivity index (χ1v) is 9.33. The number of hydrogen-bond acceptors (Lipinski definition) is 2. The summed E-state index contributed by atoms with van der Waals surface area (Å²) in [5, 5.41) is 0. The molecule has 0 unspecified atom stereocenters. The van der Waals surface area contributed by atoms with Crippen molar-refractivity contribution in [1.29, 1.82) is 0 Å². The van der Waals surface area contributed by atoms with E-state index in [4.69, 9.17) is 4.84 Å². The van der Waals surface area contributed by atoms with E-state index in [0.29, 0.717) is 6.61 Å². The van der Waals surface area contributed by atoms with Gasteiger partial charge >= 0.3 is 0 Å². The molecule has 0 fully saturated rings. The van der Waals surface area contributed by atoms with Crippen molar-refractivity contribution < 1.29 is 4.84 Å². The number of rotatable bonds is 14. The molecule has 22 heavy (non-hydrogen) atoms. The van der Waals surface area contributed by atoms with Crippen molar-refractivity contribution >= 4 is 5.69 Å². The summed E-state index contributed by atoms with van der Waals surface area (Å²) in [7, 11) is 0. The van der Waals surface area contributed by atoms with Gasteiger partial charge in [-0.2, -0.15) is 0 Å². The van der Waals surface area contributed by atoms with E-state index in [0.717, 1.165) is 5.69 Å². The zero-order chi connectivity index (χ0) is 15.9. The molecule has 0 saturated carbocycles. The van der Waals surface area contributed by atoms with Crippen LogP contribution in [0.15, 0.2) is 24.3 Å². The summed E-state index contributed by atoms with van der Waals surface area (Å²) in [6.07, 6.45) is 15.2. The fourth-order valence-electron chi connectivity index (χ4n) is 2.71. The second-order valence-corrected chi connectivity index (χ2v) is 6.16. The van der Waals surface area contributed by atoms with Gasteiger partial charge in [-0.25, -0.2) is 0 Å². The molecule has 0 aromatic heterocycles. The summed E-state index contributed by atoms with van der Waals surface area (Å²) in [5.74, 6) is 0. The maximum absolute atomic E-state index is 5.18. The first-order chi connectivity index (χ1) is 10.9. The van der Waals surface area contributed by atoms with Gasteiger partial charge < -0.3 is 0 Å². The number of benzene rings is 1. The van der Waals surface area contributed by atoms with E-state index in [1.807, 2.05) is 6.92 Å². The maximum Gasteiger partial charge on any atom is 0.0717 e. The highest BCUT2D eigenvalue weighted by molar-refractivity contribution is 5.42. The normalized spacial score (nSPS) is 10.8. The molecule has 1 N–H and O–H groups in total. The van der Waals surface area contributed by atoms with Gasteiger partial charge in [-0.1, -0.05) is 76.8 Å². The third kappa shape index (κ3) is 9.83. The number of hydrogen-bond donors (Lipinski definition) is 1. The molecular weight excluding hydrogens is 270 g/mol. The summed E-state index contributed by atoms with van der Waals surface area (Å²) in [5.41, 5.74) is 5.40. The third-order valence-corrected chi connectivity index (χ3v) is 4.11. The van der Waals surface area contributed by atoms with Crippen LogP contribution in [0.4, 0.5) is 5.69 Å². The standard InChI is InChI=1S/C20H35NO/c1-3-5-6-7-8-9-10-11-12-13-14-19-15-17-20(18-16-19)21-22-4-2/h15-18,21H,3-14H2,1-2H3. The van der Waals surface area contributed by atoms with Crippen LogP contribution in [-0.2, 0) is 11.3 Å². The van der Waals surface area contributed by atoms with Crippen molar-refractivity contribution in [1.82, 2.24) is 0 Å². The SMILES string of the molecule is CCCCCCCCCCCCc1ccc(NOCC)cc1. The number of aryl methyl sites for hydroxylation is 1. The highest BCUT2D eigenvalue weighted by atomic mass is 16.6. The lowest BCUT2D eigenvalue weighted by Crippen LogP contribution is -1.99. The van der Waals surface area contributed by atoms with E-state index in [-0.39, 0.29) is 0 Å². The van der Waals surface area contributed by atoms with E-state index in [1.165, 1.54) is 76.2 Å². The Balaban J connectivity index is 1.96. The fraction of sp³-hybridized carbons (Fsp3) is 0.700. The van der Waals surface area contributed by atoms with Gasteiger partial charge in [0.25, 0.3) is 0 Å². The van der Waals surface area contributed by atoms with Crippen LogP contribution in [0.25, 0.3) is 0 Å². The molecule has 1 aromatic rings. The number of unbranched alkanes of at least 4 members (excludes halogenated alkanes) is 9. The molecule has 0 saturated heterocycles. The van der Waals surface area contributed by atoms with Crippen LogP contribution < -0.4 is 5.48 Å². The average molecular weight is 306 g/mol. The van der Waals surface area contributed by atoms with Gasteiger partial charge in [0.05, 0.1) is 12.3 Å². The molecule has 0 atom stereocenters. The third-order valence-electron chi connectivity index (χ3n) is 4.11. The quantitative estimate of drug-likeness (QED) is 0.312. The predicted molar refractivity (Wildman–Crippen MR) is 97.2 cm³/mol. The summed E-state index contributed by atoms with van der Waals surface area (Å²) in [6, 6.07) is 8.60. The highest BCUT2D eigenvalue weighted by Crippen LogP contribution is 2.14. The minimum absolute atomic E-state index is 0.681. The van der Waals surface area contributed by atoms with Gasteiger partial charge in [0.15, 0.2) is 0 Å². The molecule has 0 spiro atoms. The fourth-order valence-corrected chi connectivity index (χ4v) is 2.71. The van der Waals surface area contributed by atoms with Gasteiger partial charge in [-0.3, -0.25) is 10.3 Å². The van der Waals surface area contributed by atoms with Crippen molar-refractivity contribution in [2.45, 2.75) is 84.5 Å². The van der Waals surface area contributed by atoms with Crippen LogP contribution in [0.5, 0.6) is 0 Å². The molecule has 0 bridgehead atoms. The van der Waals surface area contributed by atoms with Gasteiger partial charge in [-0.05, 0) is 37.5 Å². The first-order valence-electron chi connectivity index (χ1n) is 9.33. The van der Waals surface area contributed by atoms with Gasteiger partial charge in [-0.15, -0.1) is 0 Å². The Morgan fingerprint density at radius 1 is 0.727 bits per heavy atom. The lowest BCUT2D eigenvalue weighted by Gasteiger charge is -2.06. The molecule has 0 radical (unpaired) electrons. The number of anilines is 1. The Morgan fingerprint density at radius 2 is 1.27 bits per heavy atom. The van der Waals surface area contributed by atoms with E-state index < -0.39 is 0 Å². The van der Waals surface area contributed by atoms with Crippen LogP contribution in [0.1, 0.15) is 83.6 Å². The molecule has 0 aliphatic rings. The van der Waals surface area contributed by atoms with E-state index >= 15 is 0 Å². The predicted octanol–water partition coefficient (Wildman–Crippen LogP) is 6.51.